The van der Waals surface area contributed by atoms with Crippen LogP contribution >= 0.6 is 0 Å². The fraction of sp³-hybridized carbons (Fsp3) is 0.143. The molecule has 4 rings (SSSR count). The number of H-pyrrole nitrogens is 1. The summed E-state index contributed by atoms with van der Waals surface area (Å²) in [4.78, 5) is 20.5. The molecule has 0 saturated heterocycles. The number of para-hydroxylation sites is 1. The SMILES string of the molecule is O=C(O)CCc1c[nH]c2c1-c1ccccc1N(C#Cc1ccccn1)C2. The average molecular weight is 343 g/mol. The third kappa shape index (κ3) is 3.05. The van der Waals surface area contributed by atoms with Gasteiger partial charge in [-0.3, -0.25) is 9.69 Å². The Labute approximate surface area is 151 Å². The lowest BCUT2D eigenvalue weighted by molar-refractivity contribution is -0.136. The third-order valence-corrected chi connectivity index (χ3v) is 4.42. The second-order valence-corrected chi connectivity index (χ2v) is 6.12. The van der Waals surface area contributed by atoms with Gasteiger partial charge in [0.2, 0.25) is 0 Å². The summed E-state index contributed by atoms with van der Waals surface area (Å²) < 4.78 is 0. The lowest BCUT2D eigenvalue weighted by atomic mass is 9.94. The van der Waals surface area contributed by atoms with E-state index in [0.29, 0.717) is 13.0 Å². The number of carboxylic acid groups (broad SMARTS) is 1. The van der Waals surface area contributed by atoms with Crippen LogP contribution in [0.4, 0.5) is 5.69 Å². The van der Waals surface area contributed by atoms with Crippen LogP contribution in [0.5, 0.6) is 0 Å². The van der Waals surface area contributed by atoms with Crippen LogP contribution in [-0.2, 0) is 17.8 Å². The fourth-order valence-electron chi connectivity index (χ4n) is 3.24. The van der Waals surface area contributed by atoms with Crippen LogP contribution in [0, 0.1) is 12.0 Å². The maximum absolute atomic E-state index is 10.9. The van der Waals surface area contributed by atoms with Crippen molar-refractivity contribution in [3.63, 3.8) is 0 Å². The number of pyridine rings is 1. The summed E-state index contributed by atoms with van der Waals surface area (Å²) in [5, 5.41) is 8.99. The van der Waals surface area contributed by atoms with Crippen molar-refractivity contribution < 1.29 is 9.90 Å². The normalized spacial score (nSPS) is 11.9. The van der Waals surface area contributed by atoms with E-state index in [1.807, 2.05) is 47.5 Å². The van der Waals surface area contributed by atoms with Gasteiger partial charge in [-0.05, 0) is 36.1 Å². The summed E-state index contributed by atoms with van der Waals surface area (Å²) in [5.41, 5.74) is 6.03. The van der Waals surface area contributed by atoms with E-state index < -0.39 is 5.97 Å². The summed E-state index contributed by atoms with van der Waals surface area (Å²) in [6.45, 7) is 0.624. The zero-order chi connectivity index (χ0) is 17.9. The van der Waals surface area contributed by atoms with Gasteiger partial charge in [0, 0.05) is 41.7 Å². The summed E-state index contributed by atoms with van der Waals surface area (Å²) >= 11 is 0. The molecular weight excluding hydrogens is 326 g/mol. The number of nitrogens with zero attached hydrogens (tertiary/aromatic N) is 2. The number of carboxylic acids is 1. The Morgan fingerprint density at radius 1 is 1.23 bits per heavy atom. The van der Waals surface area contributed by atoms with Gasteiger partial charge in [0.15, 0.2) is 0 Å². The van der Waals surface area contributed by atoms with Crippen LogP contribution in [0.2, 0.25) is 0 Å². The first-order valence-electron chi connectivity index (χ1n) is 8.43. The molecule has 128 valence electrons. The highest BCUT2D eigenvalue weighted by Crippen LogP contribution is 2.40. The molecule has 0 fully saturated rings. The van der Waals surface area contributed by atoms with Crippen molar-refractivity contribution in [1.29, 1.82) is 0 Å². The molecule has 1 aliphatic rings. The average Bonchev–Trinajstić information content (AvgIpc) is 3.08. The molecule has 0 radical (unpaired) electrons. The number of carbonyl (C=O) groups is 1. The van der Waals surface area contributed by atoms with E-state index >= 15 is 0 Å². The summed E-state index contributed by atoms with van der Waals surface area (Å²) in [7, 11) is 0. The molecule has 26 heavy (non-hydrogen) atoms. The first-order chi connectivity index (χ1) is 12.7. The van der Waals surface area contributed by atoms with Gasteiger partial charge in [-0.25, -0.2) is 4.98 Å². The first-order valence-corrected chi connectivity index (χ1v) is 8.43. The lowest BCUT2D eigenvalue weighted by Crippen LogP contribution is -2.21. The number of aryl methyl sites for hydroxylation is 1. The van der Waals surface area contributed by atoms with E-state index in [4.69, 9.17) is 5.11 Å². The van der Waals surface area contributed by atoms with Crippen molar-refractivity contribution in [2.24, 2.45) is 0 Å². The smallest absolute Gasteiger partial charge is 0.303 e. The second kappa shape index (κ2) is 6.77. The van der Waals surface area contributed by atoms with Crippen molar-refractivity contribution >= 4 is 11.7 Å². The summed E-state index contributed by atoms with van der Waals surface area (Å²) in [6, 6.07) is 16.9. The van der Waals surface area contributed by atoms with Gasteiger partial charge in [-0.2, -0.15) is 0 Å². The quantitative estimate of drug-likeness (QED) is 0.715. The number of anilines is 1. The van der Waals surface area contributed by atoms with Gasteiger partial charge in [-0.15, -0.1) is 0 Å². The van der Waals surface area contributed by atoms with Crippen LogP contribution in [0.1, 0.15) is 23.4 Å². The molecule has 0 saturated carbocycles. The molecule has 1 aromatic carbocycles. The van der Waals surface area contributed by atoms with Crippen LogP contribution < -0.4 is 4.90 Å². The number of nitrogens with one attached hydrogen (secondary N) is 1. The third-order valence-electron chi connectivity index (χ3n) is 4.42. The highest BCUT2D eigenvalue weighted by atomic mass is 16.4. The predicted molar refractivity (Wildman–Crippen MR) is 99.5 cm³/mol. The van der Waals surface area contributed by atoms with Crippen molar-refractivity contribution in [1.82, 2.24) is 9.97 Å². The van der Waals surface area contributed by atoms with Crippen LogP contribution in [0.25, 0.3) is 11.1 Å². The molecule has 2 N–H and O–H groups in total. The van der Waals surface area contributed by atoms with Gasteiger partial charge in [0.05, 0.1) is 12.2 Å². The molecule has 3 heterocycles. The van der Waals surface area contributed by atoms with Gasteiger partial charge >= 0.3 is 5.97 Å². The van der Waals surface area contributed by atoms with E-state index in [1.54, 1.807) is 6.20 Å². The molecule has 0 aliphatic carbocycles. The highest BCUT2D eigenvalue weighted by molar-refractivity contribution is 5.86. The molecule has 5 nitrogen and oxygen atoms in total. The molecule has 0 spiro atoms. The van der Waals surface area contributed by atoms with Crippen molar-refractivity contribution in [2.45, 2.75) is 19.4 Å². The minimum Gasteiger partial charge on any atom is -0.481 e. The highest BCUT2D eigenvalue weighted by Gasteiger charge is 2.24. The molecule has 1 aliphatic heterocycles. The predicted octanol–water partition coefficient (Wildman–Crippen LogP) is 3.42. The van der Waals surface area contributed by atoms with Gasteiger partial charge in [0.25, 0.3) is 0 Å². The van der Waals surface area contributed by atoms with Crippen molar-refractivity contribution in [3.05, 3.63) is 71.8 Å². The van der Waals surface area contributed by atoms with Gasteiger partial charge in [0.1, 0.15) is 5.69 Å². The summed E-state index contributed by atoms with van der Waals surface area (Å²) in [5.74, 6) is 2.32. The van der Waals surface area contributed by atoms with E-state index in [-0.39, 0.29) is 6.42 Å². The van der Waals surface area contributed by atoms with E-state index in [2.05, 4.69) is 28.0 Å². The molecule has 0 unspecified atom stereocenters. The minimum absolute atomic E-state index is 0.121. The maximum atomic E-state index is 10.9. The number of hydrogen-bond acceptors (Lipinski definition) is 3. The largest absolute Gasteiger partial charge is 0.481 e. The number of hydrogen-bond donors (Lipinski definition) is 2. The first kappa shape index (κ1) is 16.0. The summed E-state index contributed by atoms with van der Waals surface area (Å²) in [6.07, 6.45) is 4.27. The molecule has 3 aromatic rings. The molecule has 0 bridgehead atoms. The number of aromatic nitrogens is 2. The van der Waals surface area contributed by atoms with Crippen molar-refractivity contribution in [2.75, 3.05) is 4.90 Å². The number of benzene rings is 1. The number of aliphatic carboxylic acids is 1. The standard InChI is InChI=1S/C21H17N3O2/c25-20(26)9-8-15-13-23-18-14-24(12-10-16-5-3-4-11-22-16)19-7-2-1-6-17(19)21(15)18/h1-7,11,13,23H,8-9,14H2,(H,25,26). The molecular formula is C21H17N3O2. The topological polar surface area (TPSA) is 69.2 Å². The zero-order valence-electron chi connectivity index (χ0n) is 14.1. The van der Waals surface area contributed by atoms with Crippen LogP contribution in [-0.4, -0.2) is 21.0 Å². The zero-order valence-corrected chi connectivity index (χ0v) is 14.1. The number of fused-ring (bicyclic) bond motifs is 3. The number of aromatic amines is 1. The van der Waals surface area contributed by atoms with Crippen LogP contribution in [0.3, 0.4) is 0 Å². The fourth-order valence-corrected chi connectivity index (χ4v) is 3.24. The second-order valence-electron chi connectivity index (χ2n) is 6.12. The Morgan fingerprint density at radius 3 is 2.88 bits per heavy atom. The lowest BCUT2D eigenvalue weighted by Gasteiger charge is -2.27. The van der Waals surface area contributed by atoms with Gasteiger partial charge < -0.3 is 10.1 Å². The van der Waals surface area contributed by atoms with E-state index in [0.717, 1.165) is 33.8 Å². The minimum atomic E-state index is -0.785. The molecule has 0 amide bonds. The molecule has 5 heteroatoms. The van der Waals surface area contributed by atoms with E-state index in [1.165, 1.54) is 0 Å². The Hall–Kier alpha value is -3.52. The number of rotatable bonds is 3. The Balaban J connectivity index is 1.71. The van der Waals surface area contributed by atoms with Crippen LogP contribution in [0.15, 0.2) is 54.9 Å². The maximum Gasteiger partial charge on any atom is 0.303 e. The monoisotopic (exact) mass is 343 g/mol. The van der Waals surface area contributed by atoms with Crippen molar-refractivity contribution in [3.8, 4) is 23.1 Å². The molecule has 0 atom stereocenters. The van der Waals surface area contributed by atoms with Gasteiger partial charge in [-0.1, -0.05) is 24.3 Å². The Kier molecular flexibility index (Phi) is 4.16. The molecule has 2 aromatic heterocycles. The Bertz CT molecular complexity index is 1010. The Morgan fingerprint density at radius 2 is 2.08 bits per heavy atom. The van der Waals surface area contributed by atoms with E-state index in [9.17, 15) is 4.79 Å².